The van der Waals surface area contributed by atoms with Gasteiger partial charge in [-0.15, -0.1) is 0 Å². The van der Waals surface area contributed by atoms with Gasteiger partial charge in [-0.05, 0) is 55.8 Å². The predicted octanol–water partition coefficient (Wildman–Crippen LogP) is 3.52. The summed E-state index contributed by atoms with van der Waals surface area (Å²) in [4.78, 5) is 24.5. The van der Waals surface area contributed by atoms with Gasteiger partial charge >= 0.3 is 0 Å². The molecule has 11 heteroatoms. The number of H-pyrrole nitrogens is 1. The molecule has 0 bridgehead atoms. The number of piperazine rings is 1. The summed E-state index contributed by atoms with van der Waals surface area (Å²) >= 11 is 1.45. The van der Waals surface area contributed by atoms with Gasteiger partial charge in [0, 0.05) is 34.3 Å². The fourth-order valence-corrected chi connectivity index (χ4v) is 4.48. The molecule has 5 rings (SSSR count). The van der Waals surface area contributed by atoms with Crippen LogP contribution in [0.25, 0.3) is 0 Å². The summed E-state index contributed by atoms with van der Waals surface area (Å²) in [7, 11) is 1.71. The second-order valence-corrected chi connectivity index (χ2v) is 10.1. The summed E-state index contributed by atoms with van der Waals surface area (Å²) in [6.07, 6.45) is 1.96. The van der Waals surface area contributed by atoms with E-state index in [0.717, 1.165) is 34.9 Å². The van der Waals surface area contributed by atoms with Gasteiger partial charge in [0.1, 0.15) is 11.6 Å². The van der Waals surface area contributed by atoms with E-state index in [1.165, 1.54) is 11.8 Å². The fourth-order valence-electron chi connectivity index (χ4n) is 3.72. The Hall–Kier alpha value is -3.15. The highest BCUT2D eigenvalue weighted by Gasteiger charge is 2.29. The minimum Gasteiger partial charge on any atom is -0.633 e. The smallest absolute Gasteiger partial charge is 0.227 e. The number of benzene rings is 1. The van der Waals surface area contributed by atoms with Crippen LogP contribution in [0.15, 0.2) is 46.5 Å². The highest BCUT2D eigenvalue weighted by molar-refractivity contribution is 7.99. The van der Waals surface area contributed by atoms with E-state index in [9.17, 15) is 10.0 Å². The number of aromatic amines is 1. The van der Waals surface area contributed by atoms with Crippen molar-refractivity contribution in [2.45, 2.75) is 29.8 Å². The predicted molar refractivity (Wildman–Crippen MR) is 132 cm³/mol. The molecular formula is C23H28N8O2S. The van der Waals surface area contributed by atoms with Gasteiger partial charge in [0.2, 0.25) is 5.91 Å². The molecule has 2 fully saturated rings. The lowest BCUT2D eigenvalue weighted by Crippen LogP contribution is -2.54. The van der Waals surface area contributed by atoms with Crippen molar-refractivity contribution in [1.29, 1.82) is 0 Å². The molecule has 1 saturated heterocycles. The van der Waals surface area contributed by atoms with Crippen LogP contribution in [0.1, 0.15) is 18.5 Å². The molecule has 2 aromatic heterocycles. The maximum Gasteiger partial charge on any atom is 0.227 e. The van der Waals surface area contributed by atoms with Crippen molar-refractivity contribution >= 4 is 40.8 Å². The SMILES string of the molecule is Cc1cc(Nc2cc(N3CC[N+](C)([O-])CC3)nc(Sc3ccc(NC(=O)C4CC4)cc3)n2)n[nH]1. The van der Waals surface area contributed by atoms with Crippen LogP contribution in [0.5, 0.6) is 0 Å². The minimum atomic E-state index is -0.232. The van der Waals surface area contributed by atoms with Gasteiger partial charge < -0.3 is 25.4 Å². The molecule has 1 aliphatic carbocycles. The van der Waals surface area contributed by atoms with E-state index in [0.29, 0.717) is 43.0 Å². The molecule has 1 amide bonds. The number of carbonyl (C=O) groups excluding carboxylic acids is 1. The molecule has 0 unspecified atom stereocenters. The molecule has 0 spiro atoms. The van der Waals surface area contributed by atoms with Crippen LogP contribution in [-0.4, -0.2) is 63.9 Å². The first-order chi connectivity index (χ1) is 16.3. The van der Waals surface area contributed by atoms with E-state index in [1.54, 1.807) is 7.05 Å². The van der Waals surface area contributed by atoms with E-state index in [1.807, 2.05) is 43.3 Å². The molecule has 3 N–H and O–H groups in total. The van der Waals surface area contributed by atoms with E-state index >= 15 is 0 Å². The molecule has 34 heavy (non-hydrogen) atoms. The van der Waals surface area contributed by atoms with Crippen molar-refractivity contribution in [2.75, 3.05) is 48.8 Å². The van der Waals surface area contributed by atoms with Gasteiger partial charge in [-0.1, -0.05) is 0 Å². The zero-order chi connectivity index (χ0) is 23.7. The molecular weight excluding hydrogens is 452 g/mol. The lowest BCUT2D eigenvalue weighted by Gasteiger charge is -2.45. The highest BCUT2D eigenvalue weighted by atomic mass is 32.2. The van der Waals surface area contributed by atoms with Crippen LogP contribution in [0, 0.1) is 18.0 Å². The number of hydroxylamine groups is 3. The number of rotatable bonds is 7. The maximum absolute atomic E-state index is 12.3. The lowest BCUT2D eigenvalue weighted by molar-refractivity contribution is -0.861. The number of anilines is 4. The van der Waals surface area contributed by atoms with Crippen LogP contribution < -0.4 is 15.5 Å². The topological polar surface area (TPSA) is 122 Å². The molecule has 0 radical (unpaired) electrons. The van der Waals surface area contributed by atoms with Gasteiger partial charge in [0.15, 0.2) is 11.0 Å². The number of hydrogen-bond donors (Lipinski definition) is 3. The summed E-state index contributed by atoms with van der Waals surface area (Å²) in [6.45, 7) is 4.24. The molecule has 178 valence electrons. The number of aryl methyl sites for hydroxylation is 1. The third-order valence-corrected chi connectivity index (χ3v) is 6.82. The van der Waals surface area contributed by atoms with Crippen LogP contribution >= 0.6 is 11.8 Å². The van der Waals surface area contributed by atoms with E-state index in [-0.39, 0.29) is 16.5 Å². The minimum absolute atomic E-state index is 0.0927. The van der Waals surface area contributed by atoms with Gasteiger partial charge in [-0.2, -0.15) is 5.10 Å². The van der Waals surface area contributed by atoms with Crippen molar-refractivity contribution in [2.24, 2.45) is 5.92 Å². The average Bonchev–Trinajstić information content (AvgIpc) is 3.57. The summed E-state index contributed by atoms with van der Waals surface area (Å²) < 4.78 is -0.232. The molecule has 3 aromatic rings. The number of carbonyl (C=O) groups is 1. The Morgan fingerprint density at radius 3 is 2.53 bits per heavy atom. The van der Waals surface area contributed by atoms with Gasteiger partial charge in [0.05, 0.1) is 33.2 Å². The first-order valence-corrected chi connectivity index (χ1v) is 12.2. The summed E-state index contributed by atoms with van der Waals surface area (Å²) in [6, 6.07) is 11.5. The number of quaternary nitrogens is 1. The van der Waals surface area contributed by atoms with Crippen molar-refractivity contribution in [3.05, 3.63) is 47.3 Å². The largest absolute Gasteiger partial charge is 0.633 e. The third-order valence-electron chi connectivity index (χ3n) is 5.94. The molecule has 1 aliphatic heterocycles. The average molecular weight is 481 g/mol. The third kappa shape index (κ3) is 5.66. The number of nitrogens with one attached hydrogen (secondary N) is 3. The van der Waals surface area contributed by atoms with Crippen molar-refractivity contribution in [3.8, 4) is 0 Å². The first-order valence-electron chi connectivity index (χ1n) is 11.4. The molecule has 1 aromatic carbocycles. The fraction of sp³-hybridized carbons (Fsp3) is 0.391. The lowest BCUT2D eigenvalue weighted by atomic mass is 10.3. The number of hydrogen-bond acceptors (Lipinski definition) is 8. The zero-order valence-electron chi connectivity index (χ0n) is 19.2. The summed E-state index contributed by atoms with van der Waals surface area (Å²) in [5.41, 5.74) is 1.74. The van der Waals surface area contributed by atoms with Crippen molar-refractivity contribution in [1.82, 2.24) is 20.2 Å². The maximum atomic E-state index is 12.3. The van der Waals surface area contributed by atoms with Crippen molar-refractivity contribution in [3.63, 3.8) is 0 Å². The summed E-state index contributed by atoms with van der Waals surface area (Å²) in [5, 5.41) is 26.2. The molecule has 1 saturated carbocycles. The normalized spacial score (nSPS) is 17.4. The van der Waals surface area contributed by atoms with Crippen molar-refractivity contribution < 1.29 is 9.44 Å². The van der Waals surface area contributed by atoms with Crippen LogP contribution in [0.3, 0.4) is 0 Å². The Bertz CT molecular complexity index is 1170. The Kier molecular flexibility index (Phi) is 6.15. The Morgan fingerprint density at radius 2 is 1.88 bits per heavy atom. The molecule has 3 heterocycles. The van der Waals surface area contributed by atoms with Gasteiger partial charge in [0.25, 0.3) is 0 Å². The van der Waals surface area contributed by atoms with E-state index < -0.39 is 0 Å². The standard InChI is InChI=1S/C23H28N8O2S/c1-15-13-20(29-28-15)25-19-14-21(30-9-11-31(2,33)12-10-30)27-23(26-19)34-18-7-5-17(6-8-18)24-22(32)16-3-4-16/h5-8,13-14,16H,3-4,9-12H2,1-2H3,(H,24,32)(H2,25,26,27,28,29). The van der Waals surface area contributed by atoms with Gasteiger partial charge in [-0.25, -0.2) is 9.97 Å². The number of nitrogens with zero attached hydrogens (tertiary/aromatic N) is 5. The quantitative estimate of drug-likeness (QED) is 0.267. The zero-order valence-corrected chi connectivity index (χ0v) is 20.1. The van der Waals surface area contributed by atoms with E-state index in [4.69, 9.17) is 4.98 Å². The molecule has 0 atom stereocenters. The van der Waals surface area contributed by atoms with Crippen LogP contribution in [0.2, 0.25) is 0 Å². The Labute approximate surface area is 202 Å². The second-order valence-electron chi connectivity index (χ2n) is 9.08. The van der Waals surface area contributed by atoms with E-state index in [2.05, 4.69) is 30.7 Å². The monoisotopic (exact) mass is 480 g/mol. The Morgan fingerprint density at radius 1 is 1.15 bits per heavy atom. The first kappa shape index (κ1) is 22.6. The number of likely N-dealkylation sites (N-methyl/N-ethyl adjacent to an activating group) is 1. The summed E-state index contributed by atoms with van der Waals surface area (Å²) in [5.74, 6) is 2.35. The molecule has 2 aliphatic rings. The second kappa shape index (κ2) is 9.24. The molecule has 10 nitrogen and oxygen atoms in total. The van der Waals surface area contributed by atoms with Gasteiger partial charge in [-0.3, -0.25) is 9.89 Å². The van der Waals surface area contributed by atoms with Crippen LogP contribution in [-0.2, 0) is 4.79 Å². The number of amides is 1. The van der Waals surface area contributed by atoms with Crippen LogP contribution in [0.4, 0.5) is 23.1 Å². The highest BCUT2D eigenvalue weighted by Crippen LogP contribution is 2.32. The Balaban J connectivity index is 1.35. The number of aromatic nitrogens is 4.